The molecule has 2 atom stereocenters. The van der Waals surface area contributed by atoms with Gasteiger partial charge in [0.05, 0.1) is 180 Å². The fraction of sp³-hybridized carbons (Fsp3) is 0.274. The number of nitrogen functional groups attached to an aromatic ring is 1. The van der Waals surface area contributed by atoms with Gasteiger partial charge < -0.3 is 119 Å². The van der Waals surface area contributed by atoms with Gasteiger partial charge in [-0.3, -0.25) is 14.4 Å². The Balaban J connectivity index is 0.00000169. The molecule has 10 aromatic carbocycles. The molecule has 1 unspecified atom stereocenters. The SMILES string of the molecule is C.C.C.C.C.CCOc1cc(C(=CC#N)c2ccc(NC(C)=O)cc2)ccc1OC.CCOc1cc(C(=CC#N)c2ccc(OC)c(NC(=O)[C@@H](C)N)c2)ccc1OC.COC=C(c1cc(OC)cc(OC)c1)c1ccc(OC)c(OC)c1.COc1ccc(C(=CC#N)c2cc(OC)c(OC)c(OC)c2)cc1NC(=O)C(N)CO.COc1ccc(C(=CC#N)c2ccc(OC)c(OC)c2)cc1N.Cl. The summed E-state index contributed by atoms with van der Waals surface area (Å²) < 4.78 is 91.1. The number of carbonyl (C=O) groups excluding carboxylic acids is 3. The fourth-order valence-electron chi connectivity index (χ4n) is 12.8. The van der Waals surface area contributed by atoms with Crippen LogP contribution in [0.4, 0.5) is 22.7 Å². The minimum absolute atomic E-state index is 0. The number of nitrogens with two attached hydrogens (primary N) is 3. The van der Waals surface area contributed by atoms with Gasteiger partial charge in [0.15, 0.2) is 57.5 Å². The molecule has 738 valence electrons. The Hall–Kier alpha value is -16.2. The van der Waals surface area contributed by atoms with Crippen LogP contribution >= 0.6 is 12.4 Å². The number of aliphatic hydroxyl groups is 1. The molecule has 32 heteroatoms. The predicted molar refractivity (Wildman–Crippen MR) is 549 cm³/mol. The van der Waals surface area contributed by atoms with E-state index in [1.165, 1.54) is 66.8 Å². The number of benzene rings is 10. The zero-order valence-corrected chi connectivity index (χ0v) is 78.3. The zero-order valence-electron chi connectivity index (χ0n) is 77.5. The second-order valence-electron chi connectivity index (χ2n) is 27.4. The van der Waals surface area contributed by atoms with E-state index in [1.54, 1.807) is 163 Å². The van der Waals surface area contributed by atoms with Crippen molar-refractivity contribution < 1.29 is 100 Å². The van der Waals surface area contributed by atoms with Crippen LogP contribution in [0.1, 0.15) is 120 Å². The van der Waals surface area contributed by atoms with Crippen molar-refractivity contribution in [1.82, 2.24) is 0 Å². The number of ether oxygens (including phenoxy) is 17. The number of hydrogen-bond donors (Lipinski definition) is 7. The number of aliphatic hydroxyl groups excluding tert-OH is 1. The van der Waals surface area contributed by atoms with Crippen molar-refractivity contribution in [2.75, 3.05) is 148 Å². The number of nitriles is 4. The lowest BCUT2D eigenvalue weighted by atomic mass is 9.96. The highest BCUT2D eigenvalue weighted by Gasteiger charge is 2.23. The van der Waals surface area contributed by atoms with Crippen molar-refractivity contribution in [2.45, 2.75) is 76.9 Å². The van der Waals surface area contributed by atoms with Crippen LogP contribution < -0.4 is 109 Å². The molecule has 10 rings (SSSR count). The second kappa shape index (κ2) is 63.1. The summed E-state index contributed by atoms with van der Waals surface area (Å²) in [7, 11) is 23.4. The molecule has 0 aliphatic heterocycles. The summed E-state index contributed by atoms with van der Waals surface area (Å²) in [4.78, 5) is 35.3. The number of hydrogen-bond acceptors (Lipinski definition) is 28. The molecule has 0 spiro atoms. The van der Waals surface area contributed by atoms with E-state index >= 15 is 0 Å². The van der Waals surface area contributed by atoms with Crippen molar-refractivity contribution in [2.24, 2.45) is 11.5 Å². The number of allylic oxidation sites excluding steroid dienone is 4. The Morgan fingerprint density at radius 2 is 0.645 bits per heavy atom. The van der Waals surface area contributed by atoms with Gasteiger partial charge in [-0.2, -0.15) is 21.0 Å². The molecule has 0 bridgehead atoms. The molecule has 0 saturated heterocycles. The van der Waals surface area contributed by atoms with Gasteiger partial charge in [0.1, 0.15) is 34.8 Å². The first-order valence-corrected chi connectivity index (χ1v) is 40.4. The van der Waals surface area contributed by atoms with Crippen LogP contribution in [-0.2, 0) is 19.1 Å². The molecule has 0 fully saturated rings. The Bertz CT molecular complexity index is 5900. The van der Waals surface area contributed by atoms with E-state index in [0.717, 1.165) is 61.2 Å². The van der Waals surface area contributed by atoms with Crippen molar-refractivity contribution in [3.05, 3.63) is 268 Å². The van der Waals surface area contributed by atoms with E-state index in [4.69, 9.17) is 113 Å². The third kappa shape index (κ3) is 33.8. The van der Waals surface area contributed by atoms with Gasteiger partial charge in [0.25, 0.3) is 0 Å². The maximum Gasteiger partial charge on any atom is 0.243 e. The maximum atomic E-state index is 12.2. The second-order valence-corrected chi connectivity index (χ2v) is 27.4. The molecule has 3 amide bonds. The van der Waals surface area contributed by atoms with Crippen LogP contribution in [0.2, 0.25) is 0 Å². The number of amides is 3. The summed E-state index contributed by atoms with van der Waals surface area (Å²) >= 11 is 0. The molecule has 138 heavy (non-hydrogen) atoms. The first-order valence-electron chi connectivity index (χ1n) is 40.4. The van der Waals surface area contributed by atoms with Crippen molar-refractivity contribution in [3.8, 4) is 116 Å². The van der Waals surface area contributed by atoms with E-state index in [2.05, 4.69) is 34.2 Å². The highest BCUT2D eigenvalue weighted by Crippen LogP contribution is 2.44. The quantitative estimate of drug-likeness (QED) is 0.0110. The topological polar surface area (TPSA) is 438 Å². The summed E-state index contributed by atoms with van der Waals surface area (Å²) in [6.45, 7) is 7.34. The van der Waals surface area contributed by atoms with Gasteiger partial charge in [-0.25, -0.2) is 0 Å². The van der Waals surface area contributed by atoms with Crippen molar-refractivity contribution in [3.63, 3.8) is 0 Å². The number of nitrogens with one attached hydrogen (secondary N) is 3. The van der Waals surface area contributed by atoms with Crippen LogP contribution in [0, 0.1) is 45.3 Å². The largest absolute Gasteiger partial charge is 0.504 e. The molecule has 0 radical (unpaired) electrons. The Labute approximate surface area is 818 Å². The smallest absolute Gasteiger partial charge is 0.243 e. The molecular weight excluding hydrogens is 1780 g/mol. The Morgan fingerprint density at radius 3 is 0.964 bits per heavy atom. The van der Waals surface area contributed by atoms with Gasteiger partial charge in [-0.1, -0.05) is 91.7 Å². The highest BCUT2D eigenvalue weighted by atomic mass is 35.5. The molecule has 0 heterocycles. The summed E-state index contributed by atoms with van der Waals surface area (Å²) in [6, 6.07) is 60.8. The molecule has 10 N–H and O–H groups in total. The van der Waals surface area contributed by atoms with Gasteiger partial charge >= 0.3 is 0 Å². The molecule has 0 aliphatic carbocycles. The lowest BCUT2D eigenvalue weighted by molar-refractivity contribution is -0.118. The molecule has 31 nitrogen and oxygen atoms in total. The minimum atomic E-state index is -1.09. The van der Waals surface area contributed by atoms with E-state index in [9.17, 15) is 24.9 Å². The first kappa shape index (κ1) is 122. The summed E-state index contributed by atoms with van der Waals surface area (Å²) in [5.74, 6) is 8.10. The maximum absolute atomic E-state index is 12.2. The average molecular weight is 1920 g/mol. The lowest BCUT2D eigenvalue weighted by Crippen LogP contribution is -2.38. The number of carbonyl (C=O) groups is 3. The fourth-order valence-corrected chi connectivity index (χ4v) is 12.8. The number of anilines is 4. The van der Waals surface area contributed by atoms with Crippen LogP contribution in [0.3, 0.4) is 0 Å². The normalized spacial score (nSPS) is 10.8. The van der Waals surface area contributed by atoms with Gasteiger partial charge in [-0.15, -0.1) is 12.4 Å². The van der Waals surface area contributed by atoms with Gasteiger partial charge in [-0.05, 0) is 220 Å². The van der Waals surface area contributed by atoms with Gasteiger partial charge in [0, 0.05) is 48.6 Å². The molecule has 0 saturated carbocycles. The molecular formula is C106H131ClN10O21. The van der Waals surface area contributed by atoms with Crippen LogP contribution in [0.25, 0.3) is 27.9 Å². The third-order valence-electron chi connectivity index (χ3n) is 19.2. The molecule has 10 aromatic rings. The third-order valence-corrected chi connectivity index (χ3v) is 19.2. The number of halogens is 1. The zero-order chi connectivity index (χ0) is 96.9. The van der Waals surface area contributed by atoms with Crippen molar-refractivity contribution in [1.29, 1.82) is 21.0 Å². The van der Waals surface area contributed by atoms with Crippen molar-refractivity contribution >= 4 is 80.7 Å². The summed E-state index contributed by atoms with van der Waals surface area (Å²) in [6.07, 6.45) is 7.45. The van der Waals surface area contributed by atoms with E-state index in [-0.39, 0.29) is 61.4 Å². The average Bonchev–Trinajstić information content (AvgIpc) is 0.796. The van der Waals surface area contributed by atoms with E-state index in [0.29, 0.717) is 150 Å². The summed E-state index contributed by atoms with van der Waals surface area (Å²) in [5, 5.41) is 54.2. The van der Waals surface area contributed by atoms with Gasteiger partial charge in [0.2, 0.25) is 23.5 Å². The van der Waals surface area contributed by atoms with Crippen LogP contribution in [0.15, 0.2) is 213 Å². The van der Waals surface area contributed by atoms with Crippen LogP contribution in [0.5, 0.6) is 92.0 Å². The summed E-state index contributed by atoms with van der Waals surface area (Å²) in [5.41, 5.74) is 30.7. The Kier molecular flexibility index (Phi) is 55.7. The Morgan fingerprint density at radius 1 is 0.348 bits per heavy atom. The molecule has 0 aliphatic rings. The number of nitrogens with zero attached hydrogens (tertiary/aromatic N) is 4. The monoisotopic (exact) mass is 1910 g/mol. The predicted octanol–water partition coefficient (Wildman–Crippen LogP) is 19.9. The van der Waals surface area contributed by atoms with E-state index < -0.39 is 24.6 Å². The first-order chi connectivity index (χ1) is 63.8. The van der Waals surface area contributed by atoms with Crippen LogP contribution in [-0.4, -0.2) is 161 Å². The lowest BCUT2D eigenvalue weighted by Gasteiger charge is -2.17. The minimum Gasteiger partial charge on any atom is -0.504 e. The molecule has 0 aromatic heterocycles. The number of methoxy groups -OCH3 is 15. The van der Waals surface area contributed by atoms with E-state index in [1.807, 2.05) is 123 Å². The standard InChI is InChI=1S/C22H25N3O6.C22H25N3O4.C20H20N2O3.C19H22O5.C18H18N2O3.5CH4.ClH/c1-28-18-6-5-13(9-17(18)25-22(27)16(24)12-26)15(7-8-23)14-10-19(29-2)21(31-4)20(11-14)30-3;1-5-29-21-13-16(7-9-20(21)28-4)17(10-11-23)15-6-8-19(27-3)18(12-15)25-22(26)14(2)24;1-4-25-20-13-16(7-10-19(20)24-3)18(11-12-21)15-5-8-17(9-6-15)22-14(2)23;1-20-12-17(13-6-7-18(23-4)19(10-13)24-5)14-8-15(21-2)11-16(9-14)22-3;1-21-16-6-4-12(10-15(16)20)14(8-9-19)13-5-7-17(22-2)18(11-13)23-3;;;;;;/h5-7,9-11,16,26H,12,24H2,1-4H3,(H,25,27);6-10,12-14H,5,24H2,1-4H3,(H,25,26);5-11,13H,4H2,1-3H3,(H,22,23);6-12H,1-5H3;4-8,10-11H,20H2,1-3H3;5*1H4;1H/t;14-;;;;;;;;;/m.1........./s1. The number of rotatable bonds is 35. The highest BCUT2D eigenvalue weighted by molar-refractivity contribution is 5.99.